The van der Waals surface area contributed by atoms with Gasteiger partial charge in [0, 0.05) is 48.0 Å². The maximum absolute atomic E-state index is 14.4. The Morgan fingerprint density at radius 2 is 1.97 bits per heavy atom. The first-order valence-electron chi connectivity index (χ1n) is 10.3. The summed E-state index contributed by atoms with van der Waals surface area (Å²) in [6.45, 7) is -2.13. The molecule has 3 rings (SSSR count). The highest BCUT2D eigenvalue weighted by Crippen LogP contribution is 2.55. The monoisotopic (exact) mass is 510 g/mol. The number of hydrogen-bond donors (Lipinski definition) is 2. The zero-order valence-corrected chi connectivity index (χ0v) is 18.4. The van der Waals surface area contributed by atoms with Crippen LogP contribution in [0.25, 0.3) is 0 Å². The van der Waals surface area contributed by atoms with Gasteiger partial charge in [-0.2, -0.15) is 26.3 Å². The average Bonchev–Trinajstić information content (AvgIpc) is 3.04. The van der Waals surface area contributed by atoms with Crippen LogP contribution < -0.4 is 10.1 Å². The summed E-state index contributed by atoms with van der Waals surface area (Å²) in [5, 5.41) is 11.4. The molecule has 0 spiro atoms. The molecule has 4 atom stereocenters. The molecule has 0 bridgehead atoms. The summed E-state index contributed by atoms with van der Waals surface area (Å²) in [5.41, 5.74) is -3.04. The molecule has 1 fully saturated rings. The van der Waals surface area contributed by atoms with Crippen LogP contribution in [0.15, 0.2) is 30.5 Å². The van der Waals surface area contributed by atoms with E-state index in [2.05, 4.69) is 15.0 Å². The van der Waals surface area contributed by atoms with Crippen LogP contribution in [0.5, 0.6) is 5.75 Å². The molecule has 1 aliphatic rings. The van der Waals surface area contributed by atoms with Crippen LogP contribution in [0.2, 0.25) is 0 Å². The molecule has 2 heterocycles. The van der Waals surface area contributed by atoms with Crippen LogP contribution in [-0.4, -0.2) is 47.1 Å². The number of nitrogens with zero attached hydrogens (tertiary/aromatic N) is 1. The molecule has 0 saturated carbocycles. The Kier molecular flexibility index (Phi) is 7.60. The smallest absolute Gasteiger partial charge is 0.417 e. The van der Waals surface area contributed by atoms with E-state index in [1.807, 2.05) is 0 Å². The summed E-state index contributed by atoms with van der Waals surface area (Å²) >= 11 is 0. The molecule has 0 unspecified atom stereocenters. The van der Waals surface area contributed by atoms with Gasteiger partial charge in [-0.25, -0.2) is 4.39 Å². The second kappa shape index (κ2) is 9.97. The van der Waals surface area contributed by atoms with Crippen molar-refractivity contribution in [2.75, 3.05) is 11.9 Å². The fourth-order valence-electron chi connectivity index (χ4n) is 4.06. The van der Waals surface area contributed by atoms with Crippen molar-refractivity contribution in [3.63, 3.8) is 0 Å². The predicted octanol–water partition coefficient (Wildman–Crippen LogP) is 4.57. The van der Waals surface area contributed by atoms with E-state index >= 15 is 0 Å². The number of hydrogen-bond acceptors (Lipinski definition) is 5. The number of benzene rings is 1. The van der Waals surface area contributed by atoms with Gasteiger partial charge >= 0.3 is 12.8 Å². The maximum atomic E-state index is 14.4. The van der Waals surface area contributed by atoms with E-state index in [1.165, 1.54) is 18.3 Å². The highest BCUT2D eigenvalue weighted by Gasteiger charge is 2.66. The standard InChI is InChI=1S/C22H21F7N2O4/c1-10-15(13-3-4-14(23)16(24)17(13)34-20(25)26)18(35-21(10,2)22(27,28)29)19(33)31-12-5-7-30-11(9-12)6-8-32/h3-5,7,9-10,15,18,20,32H,6,8H2,1-2H3,(H,30,31,33)/t10-,15-,18+,21+/m1/s1. The molecule has 1 aliphatic heterocycles. The molecule has 35 heavy (non-hydrogen) atoms. The fourth-order valence-corrected chi connectivity index (χ4v) is 4.06. The van der Waals surface area contributed by atoms with E-state index in [-0.39, 0.29) is 18.7 Å². The second-order valence-corrected chi connectivity index (χ2v) is 8.11. The highest BCUT2D eigenvalue weighted by atomic mass is 19.4. The molecule has 6 nitrogen and oxygen atoms in total. The molecule has 2 aromatic rings. The number of amides is 1. The predicted molar refractivity (Wildman–Crippen MR) is 108 cm³/mol. The minimum absolute atomic E-state index is 0.110. The zero-order valence-electron chi connectivity index (χ0n) is 18.4. The van der Waals surface area contributed by atoms with Gasteiger partial charge < -0.3 is 19.9 Å². The van der Waals surface area contributed by atoms with Crippen LogP contribution in [-0.2, 0) is 16.0 Å². The van der Waals surface area contributed by atoms with Gasteiger partial charge in [-0.3, -0.25) is 9.78 Å². The van der Waals surface area contributed by atoms with E-state index in [4.69, 9.17) is 9.84 Å². The van der Waals surface area contributed by atoms with Crippen molar-refractivity contribution >= 4 is 11.6 Å². The molecule has 1 saturated heterocycles. The van der Waals surface area contributed by atoms with Gasteiger partial charge in [0.2, 0.25) is 5.82 Å². The number of alkyl halides is 5. The van der Waals surface area contributed by atoms with Crippen molar-refractivity contribution in [1.82, 2.24) is 4.98 Å². The molecular weight excluding hydrogens is 489 g/mol. The normalized spacial score (nSPS) is 24.6. The van der Waals surface area contributed by atoms with Crippen LogP contribution in [0.1, 0.15) is 31.0 Å². The van der Waals surface area contributed by atoms with Crippen LogP contribution in [0, 0.1) is 17.6 Å². The van der Waals surface area contributed by atoms with Crippen LogP contribution >= 0.6 is 0 Å². The minimum Gasteiger partial charge on any atom is -0.431 e. The Balaban J connectivity index is 2.08. The van der Waals surface area contributed by atoms with Gasteiger partial charge in [0.25, 0.3) is 5.91 Å². The summed E-state index contributed by atoms with van der Waals surface area (Å²) in [4.78, 5) is 17.0. The molecule has 0 radical (unpaired) electrons. The number of ether oxygens (including phenoxy) is 2. The number of rotatable bonds is 7. The first kappa shape index (κ1) is 26.7. The Bertz CT molecular complexity index is 1080. The number of aliphatic hydroxyl groups is 1. The SMILES string of the molecule is C[C@@H]1[C@H](c2ccc(F)c(F)c2OC(F)F)[C@@H](C(=O)Nc2ccnc(CCO)c2)O[C@]1(C)C(F)(F)F. The number of aliphatic hydroxyl groups excluding tert-OH is 1. The number of halogens is 7. The average molecular weight is 510 g/mol. The van der Waals surface area contributed by atoms with Gasteiger partial charge in [-0.15, -0.1) is 0 Å². The third kappa shape index (κ3) is 5.20. The van der Waals surface area contributed by atoms with E-state index in [0.717, 1.165) is 13.0 Å². The van der Waals surface area contributed by atoms with Crippen LogP contribution in [0.4, 0.5) is 36.4 Å². The first-order chi connectivity index (χ1) is 16.3. The molecule has 1 aromatic heterocycles. The quantitative estimate of drug-likeness (QED) is 0.534. The lowest BCUT2D eigenvalue weighted by Crippen LogP contribution is -2.47. The summed E-state index contributed by atoms with van der Waals surface area (Å²) in [6.07, 6.45) is -5.53. The van der Waals surface area contributed by atoms with Crippen molar-refractivity contribution in [2.45, 2.75) is 50.7 Å². The lowest BCUT2D eigenvalue weighted by atomic mass is 9.77. The molecule has 1 aromatic carbocycles. The first-order valence-corrected chi connectivity index (χ1v) is 10.3. The lowest BCUT2D eigenvalue weighted by Gasteiger charge is -2.32. The second-order valence-electron chi connectivity index (χ2n) is 8.11. The van der Waals surface area contributed by atoms with Crippen molar-refractivity contribution in [1.29, 1.82) is 0 Å². The number of carbonyl (C=O) groups is 1. The largest absolute Gasteiger partial charge is 0.431 e. The van der Waals surface area contributed by atoms with Crippen molar-refractivity contribution in [3.05, 3.63) is 53.4 Å². The third-order valence-electron chi connectivity index (χ3n) is 6.03. The summed E-state index contributed by atoms with van der Waals surface area (Å²) in [5.74, 6) is -9.06. The Morgan fingerprint density at radius 3 is 2.57 bits per heavy atom. The molecule has 1 amide bonds. The van der Waals surface area contributed by atoms with Gasteiger partial charge in [0.1, 0.15) is 6.10 Å². The van der Waals surface area contributed by atoms with E-state index in [0.29, 0.717) is 18.7 Å². The molecule has 192 valence electrons. The van der Waals surface area contributed by atoms with E-state index in [1.54, 1.807) is 0 Å². The lowest BCUT2D eigenvalue weighted by molar-refractivity contribution is -0.272. The Hall–Kier alpha value is -2.93. The Labute approximate surface area is 195 Å². The molecule has 0 aliphatic carbocycles. The molecular formula is C22H21F7N2O4. The summed E-state index contributed by atoms with van der Waals surface area (Å²) in [7, 11) is 0. The number of anilines is 1. The fraction of sp³-hybridized carbons (Fsp3) is 0.455. The number of carbonyl (C=O) groups excluding carboxylic acids is 1. The molecule has 2 N–H and O–H groups in total. The van der Waals surface area contributed by atoms with E-state index < -0.39 is 65.2 Å². The topological polar surface area (TPSA) is 80.7 Å². The number of nitrogens with one attached hydrogen (secondary N) is 1. The Morgan fingerprint density at radius 1 is 1.29 bits per heavy atom. The van der Waals surface area contributed by atoms with Gasteiger partial charge in [0.05, 0.1) is 0 Å². The minimum atomic E-state index is -5.01. The van der Waals surface area contributed by atoms with Gasteiger partial charge in [-0.1, -0.05) is 13.0 Å². The summed E-state index contributed by atoms with van der Waals surface area (Å²) in [6, 6.07) is 4.03. The maximum Gasteiger partial charge on any atom is 0.417 e. The summed E-state index contributed by atoms with van der Waals surface area (Å²) < 4.78 is 105. The zero-order chi connectivity index (χ0) is 26.1. The van der Waals surface area contributed by atoms with E-state index in [9.17, 15) is 35.5 Å². The third-order valence-corrected chi connectivity index (χ3v) is 6.03. The van der Waals surface area contributed by atoms with Gasteiger partial charge in [0.15, 0.2) is 17.2 Å². The molecule has 13 heteroatoms. The van der Waals surface area contributed by atoms with Gasteiger partial charge in [-0.05, 0) is 25.1 Å². The highest BCUT2D eigenvalue weighted by molar-refractivity contribution is 5.95. The van der Waals surface area contributed by atoms with Crippen molar-refractivity contribution in [3.8, 4) is 5.75 Å². The van der Waals surface area contributed by atoms with Crippen molar-refractivity contribution < 1.29 is 50.1 Å². The van der Waals surface area contributed by atoms with Crippen LogP contribution in [0.3, 0.4) is 0 Å². The van der Waals surface area contributed by atoms with Crippen molar-refractivity contribution in [2.24, 2.45) is 5.92 Å². The number of pyridine rings is 1. The number of aromatic nitrogens is 1.